The molecule has 0 aromatic carbocycles. The van der Waals surface area contributed by atoms with Gasteiger partial charge in [-0.15, -0.1) is 6.58 Å². The van der Waals surface area contributed by atoms with Gasteiger partial charge in [-0.05, 0) is 19.3 Å². The van der Waals surface area contributed by atoms with E-state index in [0.29, 0.717) is 18.7 Å². The second-order valence-electron chi connectivity index (χ2n) is 3.10. The number of nitrogens with zero attached hydrogens (tertiary/aromatic N) is 1. The van der Waals surface area contributed by atoms with Crippen LogP contribution in [0.1, 0.15) is 25.7 Å². The summed E-state index contributed by atoms with van der Waals surface area (Å²) in [5.74, 6) is 0. The van der Waals surface area contributed by atoms with E-state index < -0.39 is 0 Å². The van der Waals surface area contributed by atoms with Crippen LogP contribution in [0.3, 0.4) is 0 Å². The average molecular weight is 223 g/mol. The molecule has 1 atom stereocenters. The molecule has 0 heterocycles. The van der Waals surface area contributed by atoms with E-state index in [1.54, 1.807) is 6.08 Å². The molecule has 1 fully saturated rings. The largest absolute Gasteiger partial charge is 1.00 e. The molecule has 0 spiro atoms. The van der Waals surface area contributed by atoms with Gasteiger partial charge in [-0.2, -0.15) is 4.90 Å². The van der Waals surface area contributed by atoms with E-state index in [1.807, 2.05) is 0 Å². The van der Waals surface area contributed by atoms with E-state index >= 15 is 0 Å². The first-order valence-electron chi connectivity index (χ1n) is 4.48. The van der Waals surface area contributed by atoms with Crippen molar-refractivity contribution in [2.45, 2.75) is 31.8 Å². The quantitative estimate of drug-likeness (QED) is 0.255. The topological polar surface area (TPSA) is 58.4 Å². The predicted molar refractivity (Wildman–Crippen MR) is 50.4 cm³/mol. The van der Waals surface area contributed by atoms with Crippen molar-refractivity contribution >= 4 is 5.71 Å². The van der Waals surface area contributed by atoms with Crippen molar-refractivity contribution in [2.24, 2.45) is 0 Å². The van der Waals surface area contributed by atoms with Gasteiger partial charge in [-0.1, -0.05) is 6.08 Å². The fourth-order valence-corrected chi connectivity index (χ4v) is 1.54. The summed E-state index contributed by atoms with van der Waals surface area (Å²) < 4.78 is 5.31. The van der Waals surface area contributed by atoms with Gasteiger partial charge in [-0.25, -0.2) is 0 Å². The van der Waals surface area contributed by atoms with Crippen LogP contribution in [0.4, 0.5) is 0 Å². The number of ether oxygens (including phenoxy) is 1. The molecule has 4 nitrogen and oxygen atoms in total. The van der Waals surface area contributed by atoms with Gasteiger partial charge < -0.3 is 15.2 Å². The third-order valence-electron chi connectivity index (χ3n) is 2.17. The molecular weight excluding hydrogens is 209 g/mol. The Hall–Kier alpha value is 0.606. The summed E-state index contributed by atoms with van der Waals surface area (Å²) in [7, 11) is 0. The summed E-state index contributed by atoms with van der Waals surface area (Å²) in [6, 6.07) is 0. The van der Waals surface area contributed by atoms with Crippen molar-refractivity contribution in [1.29, 1.82) is 0 Å². The minimum Gasteiger partial charge on any atom is -0.612 e. The Labute approximate surface area is 127 Å². The van der Waals surface area contributed by atoms with Crippen LogP contribution in [0.2, 0.25) is 0 Å². The summed E-state index contributed by atoms with van der Waals surface area (Å²) in [4.78, 5) is -0.299. The molecule has 1 unspecified atom stereocenters. The summed E-state index contributed by atoms with van der Waals surface area (Å²) in [5, 5.41) is 21.2. The van der Waals surface area contributed by atoms with E-state index in [-0.39, 0.29) is 62.4 Å². The smallest absolute Gasteiger partial charge is 0.612 e. The summed E-state index contributed by atoms with van der Waals surface area (Å²) in [5.41, 5.74) is 0.327. The maximum Gasteiger partial charge on any atom is 1.00 e. The summed E-state index contributed by atoms with van der Waals surface area (Å²) in [6.45, 7) is 3.90. The van der Waals surface area contributed by atoms with Crippen LogP contribution in [0.5, 0.6) is 0 Å². The molecular formula is C9H14KNO3. The van der Waals surface area contributed by atoms with Crippen molar-refractivity contribution in [3.8, 4) is 0 Å². The molecule has 0 N–H and O–H groups in total. The van der Waals surface area contributed by atoms with Crippen molar-refractivity contribution in [3.63, 3.8) is 0 Å². The Morgan fingerprint density at radius 1 is 1.50 bits per heavy atom. The standard InChI is InChI=1S/C9H14NO3.K/c1-2-7-13-9-6-4-3-5-8(9)10(11)12;/h2,9H,1,3-7H2;/q-1;+1. The fourth-order valence-electron chi connectivity index (χ4n) is 1.54. The molecule has 74 valence electrons. The second kappa shape index (κ2) is 7.84. The fraction of sp³-hybridized carbons (Fsp3) is 0.667. The third-order valence-corrected chi connectivity index (χ3v) is 2.17. The maximum atomic E-state index is 10.6. The van der Waals surface area contributed by atoms with Gasteiger partial charge in [0.05, 0.1) is 6.61 Å². The predicted octanol–water partition coefficient (Wildman–Crippen LogP) is -1.42. The Balaban J connectivity index is 0.00000169. The zero-order valence-corrected chi connectivity index (χ0v) is 11.7. The van der Waals surface area contributed by atoms with Crippen molar-refractivity contribution in [1.82, 2.24) is 0 Å². The number of hydrogen-bond acceptors (Lipinski definition) is 3. The third kappa shape index (κ3) is 4.42. The minimum absolute atomic E-state index is 0. The van der Waals surface area contributed by atoms with Crippen LogP contribution >= 0.6 is 0 Å². The average Bonchev–Trinajstić information content (AvgIpc) is 2.15. The Morgan fingerprint density at radius 3 is 2.79 bits per heavy atom. The molecule has 0 amide bonds. The van der Waals surface area contributed by atoms with Crippen LogP contribution in [-0.4, -0.2) is 23.3 Å². The Bertz CT molecular complexity index is 214. The molecule has 0 aromatic rings. The van der Waals surface area contributed by atoms with E-state index in [1.165, 1.54) is 0 Å². The molecule has 0 aromatic heterocycles. The van der Waals surface area contributed by atoms with Crippen LogP contribution in [0.15, 0.2) is 12.7 Å². The summed E-state index contributed by atoms with van der Waals surface area (Å²) in [6.07, 6.45) is 4.58. The van der Waals surface area contributed by atoms with Gasteiger partial charge in [0.2, 0.25) is 5.71 Å². The van der Waals surface area contributed by atoms with E-state index in [4.69, 9.17) is 4.74 Å². The molecule has 5 heteroatoms. The van der Waals surface area contributed by atoms with Crippen LogP contribution in [0.25, 0.3) is 0 Å². The first kappa shape index (κ1) is 14.6. The van der Waals surface area contributed by atoms with E-state index in [2.05, 4.69) is 6.58 Å². The van der Waals surface area contributed by atoms with Gasteiger partial charge >= 0.3 is 51.4 Å². The van der Waals surface area contributed by atoms with E-state index in [9.17, 15) is 10.4 Å². The molecule has 1 rings (SSSR count). The molecule has 0 saturated heterocycles. The van der Waals surface area contributed by atoms with Crippen molar-refractivity contribution in [3.05, 3.63) is 23.1 Å². The molecule has 0 aliphatic heterocycles. The van der Waals surface area contributed by atoms with Gasteiger partial charge in [-0.3, -0.25) is 0 Å². The first-order valence-corrected chi connectivity index (χ1v) is 4.48. The van der Waals surface area contributed by atoms with E-state index in [0.717, 1.165) is 19.3 Å². The van der Waals surface area contributed by atoms with Crippen LogP contribution in [-0.2, 0) is 4.74 Å². The first-order chi connectivity index (χ1) is 6.25. The molecule has 14 heavy (non-hydrogen) atoms. The number of rotatable bonds is 3. The SMILES string of the molecule is C=CCOC1CCCCC1=[N+]([O-])[O-].[K+]. The van der Waals surface area contributed by atoms with Crippen molar-refractivity contribution < 1.29 is 61.0 Å². The Morgan fingerprint density at radius 2 is 2.21 bits per heavy atom. The van der Waals surface area contributed by atoms with Gasteiger partial charge in [0.1, 0.15) is 6.10 Å². The molecule has 1 aliphatic carbocycles. The second-order valence-corrected chi connectivity index (χ2v) is 3.10. The zero-order valence-electron chi connectivity index (χ0n) is 8.57. The van der Waals surface area contributed by atoms with Gasteiger partial charge in [0, 0.05) is 6.42 Å². The van der Waals surface area contributed by atoms with Gasteiger partial charge in [0.15, 0.2) is 0 Å². The van der Waals surface area contributed by atoms with Crippen molar-refractivity contribution in [2.75, 3.05) is 6.61 Å². The molecule has 1 aliphatic rings. The molecule has 1 saturated carbocycles. The maximum absolute atomic E-state index is 10.6. The molecule has 0 bridgehead atoms. The van der Waals surface area contributed by atoms with Crippen LogP contribution < -0.4 is 51.4 Å². The van der Waals surface area contributed by atoms with Gasteiger partial charge in [0.25, 0.3) is 0 Å². The van der Waals surface area contributed by atoms with Crippen LogP contribution in [0, 0.1) is 10.4 Å². The minimum atomic E-state index is -0.299. The Kier molecular flexibility index (Phi) is 8.18. The summed E-state index contributed by atoms with van der Waals surface area (Å²) >= 11 is 0. The monoisotopic (exact) mass is 223 g/mol. The number of hydrogen-bond donors (Lipinski definition) is 0. The normalized spacial score (nSPS) is 21.1. The molecule has 0 radical (unpaired) electrons. The zero-order chi connectivity index (χ0) is 9.68.